The standard InChI is InChI=1S/C7H4F2O2.K/c8-4-2-1-3-5(9)6(4)7(10)11;/h1-3H,(H,10,11);/q;+1/p-1. The monoisotopic (exact) mass is 196 g/mol. The predicted molar refractivity (Wildman–Crippen MR) is 30.7 cm³/mol. The molecule has 0 N–H and O–H groups in total. The summed E-state index contributed by atoms with van der Waals surface area (Å²) in [6.07, 6.45) is 0. The number of carbonyl (C=O) groups is 1. The number of rotatable bonds is 1. The van der Waals surface area contributed by atoms with Crippen LogP contribution in [0.1, 0.15) is 10.4 Å². The van der Waals surface area contributed by atoms with E-state index in [0.717, 1.165) is 18.2 Å². The Bertz CT molecular complexity index is 281. The first-order valence-electron chi connectivity index (χ1n) is 2.78. The first kappa shape index (κ1) is 12.2. The van der Waals surface area contributed by atoms with Crippen molar-refractivity contribution in [1.29, 1.82) is 0 Å². The summed E-state index contributed by atoms with van der Waals surface area (Å²) in [5.74, 6) is -4.09. The van der Waals surface area contributed by atoms with Gasteiger partial charge >= 0.3 is 51.4 Å². The van der Waals surface area contributed by atoms with Crippen LogP contribution in [0.5, 0.6) is 0 Å². The van der Waals surface area contributed by atoms with E-state index in [1.807, 2.05) is 0 Å². The number of halogens is 2. The van der Waals surface area contributed by atoms with Crippen molar-refractivity contribution in [1.82, 2.24) is 0 Å². The first-order valence-corrected chi connectivity index (χ1v) is 2.78. The molecule has 1 aromatic rings. The van der Waals surface area contributed by atoms with Crippen LogP contribution in [0.4, 0.5) is 8.78 Å². The minimum absolute atomic E-state index is 0. The summed E-state index contributed by atoms with van der Waals surface area (Å²) in [5, 5.41) is 10.1. The molecule has 0 bridgehead atoms. The molecule has 2 nitrogen and oxygen atoms in total. The van der Waals surface area contributed by atoms with Crippen LogP contribution in [0.3, 0.4) is 0 Å². The Morgan fingerprint density at radius 1 is 1.25 bits per heavy atom. The quantitative estimate of drug-likeness (QED) is 0.460. The van der Waals surface area contributed by atoms with Crippen molar-refractivity contribution in [2.45, 2.75) is 0 Å². The average molecular weight is 196 g/mol. The fourth-order valence-corrected chi connectivity index (χ4v) is 0.693. The SMILES string of the molecule is O=C([O-])c1c(F)cccc1F.[K+]. The van der Waals surface area contributed by atoms with Gasteiger partial charge in [0.1, 0.15) is 11.6 Å². The summed E-state index contributed by atoms with van der Waals surface area (Å²) in [7, 11) is 0. The predicted octanol–water partition coefficient (Wildman–Crippen LogP) is -2.67. The second-order valence-corrected chi connectivity index (χ2v) is 1.88. The molecule has 1 aromatic carbocycles. The molecule has 0 spiro atoms. The van der Waals surface area contributed by atoms with E-state index in [1.165, 1.54) is 0 Å². The number of aromatic carboxylic acids is 1. The topological polar surface area (TPSA) is 40.1 Å². The van der Waals surface area contributed by atoms with Gasteiger partial charge in [-0.25, -0.2) is 8.78 Å². The molecule has 0 heterocycles. The summed E-state index contributed by atoms with van der Waals surface area (Å²) in [4.78, 5) is 10.1. The first-order chi connectivity index (χ1) is 5.13. The summed E-state index contributed by atoms with van der Waals surface area (Å²) < 4.78 is 24.9. The maximum Gasteiger partial charge on any atom is 1.00 e. The minimum atomic E-state index is -1.85. The number of hydrogen-bond acceptors (Lipinski definition) is 2. The Labute approximate surface area is 110 Å². The molecular formula is C7H3F2KO2. The van der Waals surface area contributed by atoms with E-state index in [9.17, 15) is 18.7 Å². The van der Waals surface area contributed by atoms with Gasteiger partial charge in [-0.15, -0.1) is 0 Å². The van der Waals surface area contributed by atoms with E-state index in [0.29, 0.717) is 0 Å². The van der Waals surface area contributed by atoms with Crippen LogP contribution in [0.15, 0.2) is 18.2 Å². The van der Waals surface area contributed by atoms with Gasteiger partial charge in [-0.3, -0.25) is 0 Å². The summed E-state index contributed by atoms with van der Waals surface area (Å²) in [6.45, 7) is 0. The van der Waals surface area contributed by atoms with Crippen molar-refractivity contribution in [3.05, 3.63) is 35.4 Å². The van der Waals surface area contributed by atoms with Gasteiger partial charge in [0, 0.05) is 0 Å². The molecule has 5 heteroatoms. The molecule has 58 valence electrons. The molecule has 0 radical (unpaired) electrons. The molecule has 0 aliphatic rings. The Kier molecular flexibility index (Phi) is 5.11. The van der Waals surface area contributed by atoms with E-state index in [2.05, 4.69) is 0 Å². The molecule has 0 unspecified atom stereocenters. The third-order valence-corrected chi connectivity index (χ3v) is 1.17. The zero-order chi connectivity index (χ0) is 8.43. The fourth-order valence-electron chi connectivity index (χ4n) is 0.693. The van der Waals surface area contributed by atoms with Gasteiger partial charge in [0.2, 0.25) is 0 Å². The van der Waals surface area contributed by atoms with Crippen LogP contribution < -0.4 is 56.5 Å². The molecule has 0 saturated heterocycles. The normalized spacial score (nSPS) is 8.83. The zero-order valence-corrected chi connectivity index (χ0v) is 9.43. The van der Waals surface area contributed by atoms with Gasteiger partial charge in [0.05, 0.1) is 11.5 Å². The largest absolute Gasteiger partial charge is 1.00 e. The van der Waals surface area contributed by atoms with Crippen molar-refractivity contribution in [2.75, 3.05) is 0 Å². The van der Waals surface area contributed by atoms with Crippen LogP contribution in [0, 0.1) is 11.6 Å². The number of hydrogen-bond donors (Lipinski definition) is 0. The smallest absolute Gasteiger partial charge is 0.545 e. The van der Waals surface area contributed by atoms with E-state index < -0.39 is 23.2 Å². The Morgan fingerprint density at radius 3 is 1.92 bits per heavy atom. The Balaban J connectivity index is 0.00000121. The van der Waals surface area contributed by atoms with E-state index in [4.69, 9.17) is 0 Å². The summed E-state index contributed by atoms with van der Waals surface area (Å²) >= 11 is 0. The van der Waals surface area contributed by atoms with Crippen LogP contribution in [0.2, 0.25) is 0 Å². The van der Waals surface area contributed by atoms with Crippen molar-refractivity contribution < 1.29 is 70.1 Å². The zero-order valence-electron chi connectivity index (χ0n) is 6.30. The van der Waals surface area contributed by atoms with Crippen molar-refractivity contribution in [3.8, 4) is 0 Å². The number of carboxylic acids is 1. The molecule has 0 aliphatic carbocycles. The molecule has 0 amide bonds. The number of carbonyl (C=O) groups excluding carboxylic acids is 1. The van der Waals surface area contributed by atoms with Gasteiger partial charge in [-0.2, -0.15) is 0 Å². The molecule has 0 aromatic heterocycles. The minimum Gasteiger partial charge on any atom is -0.545 e. The van der Waals surface area contributed by atoms with E-state index in [1.54, 1.807) is 0 Å². The maximum absolute atomic E-state index is 12.4. The van der Waals surface area contributed by atoms with Gasteiger partial charge in [-0.05, 0) is 12.1 Å². The third kappa shape index (κ3) is 2.60. The molecule has 0 saturated carbocycles. The van der Waals surface area contributed by atoms with Crippen LogP contribution in [-0.2, 0) is 0 Å². The van der Waals surface area contributed by atoms with E-state index in [-0.39, 0.29) is 51.4 Å². The van der Waals surface area contributed by atoms with E-state index >= 15 is 0 Å². The second kappa shape index (κ2) is 5.03. The summed E-state index contributed by atoms with van der Waals surface area (Å²) in [5.41, 5.74) is -1.02. The van der Waals surface area contributed by atoms with Crippen molar-refractivity contribution in [2.24, 2.45) is 0 Å². The van der Waals surface area contributed by atoms with Gasteiger partial charge in [0.25, 0.3) is 0 Å². The molecule has 0 fully saturated rings. The van der Waals surface area contributed by atoms with Crippen LogP contribution in [-0.4, -0.2) is 5.97 Å². The molecule has 12 heavy (non-hydrogen) atoms. The van der Waals surface area contributed by atoms with Crippen LogP contribution in [0.25, 0.3) is 0 Å². The third-order valence-electron chi connectivity index (χ3n) is 1.17. The molecular weight excluding hydrogens is 193 g/mol. The van der Waals surface area contributed by atoms with Crippen molar-refractivity contribution >= 4 is 5.97 Å². The molecule has 0 atom stereocenters. The average Bonchev–Trinajstić information content (AvgIpc) is 1.85. The molecule has 0 aliphatic heterocycles. The number of carboxylic acid groups (broad SMARTS) is 1. The Hall–Kier alpha value is 0.186. The Morgan fingerprint density at radius 2 is 1.67 bits per heavy atom. The van der Waals surface area contributed by atoms with Crippen molar-refractivity contribution in [3.63, 3.8) is 0 Å². The van der Waals surface area contributed by atoms with Gasteiger partial charge in [0.15, 0.2) is 0 Å². The van der Waals surface area contributed by atoms with Gasteiger partial charge < -0.3 is 9.90 Å². The summed E-state index contributed by atoms with van der Waals surface area (Å²) in [6, 6.07) is 2.79. The number of benzene rings is 1. The van der Waals surface area contributed by atoms with Gasteiger partial charge in [-0.1, -0.05) is 6.07 Å². The fraction of sp³-hybridized carbons (Fsp3) is 0. The maximum atomic E-state index is 12.4. The second-order valence-electron chi connectivity index (χ2n) is 1.88. The molecule has 1 rings (SSSR count). The van der Waals surface area contributed by atoms with Crippen LogP contribution >= 0.6 is 0 Å².